The molecule has 0 aromatic heterocycles. The Kier molecular flexibility index (Phi) is 4.86. The minimum Gasteiger partial charge on any atom is -0.381 e. The predicted octanol–water partition coefficient (Wildman–Crippen LogP) is 4.53. The molecule has 3 nitrogen and oxygen atoms in total. The summed E-state index contributed by atoms with van der Waals surface area (Å²) in [6.07, 6.45) is 0. The van der Waals surface area contributed by atoms with Crippen molar-refractivity contribution in [2.75, 3.05) is 10.6 Å². The topological polar surface area (TPSA) is 41.1 Å². The molecule has 2 N–H and O–H groups in total. The fourth-order valence-corrected chi connectivity index (χ4v) is 2.26. The average Bonchev–Trinajstić information content (AvgIpc) is 2.42. The number of halogens is 1. The molecule has 0 saturated heterocycles. The molecule has 2 aromatic carbocycles. The smallest absolute Gasteiger partial charge is 0.221 e. The van der Waals surface area contributed by atoms with Gasteiger partial charge in [0.2, 0.25) is 5.91 Å². The monoisotopic (exact) mass is 302 g/mol. The summed E-state index contributed by atoms with van der Waals surface area (Å²) < 4.78 is 0. The number of amides is 1. The van der Waals surface area contributed by atoms with Crippen LogP contribution in [0, 0.1) is 13.8 Å². The van der Waals surface area contributed by atoms with Crippen molar-refractivity contribution in [3.8, 4) is 0 Å². The first-order valence-electron chi connectivity index (χ1n) is 6.83. The van der Waals surface area contributed by atoms with Crippen LogP contribution >= 0.6 is 11.6 Å². The molecule has 2 rings (SSSR count). The highest BCUT2D eigenvalue weighted by Crippen LogP contribution is 2.25. The predicted molar refractivity (Wildman–Crippen MR) is 89.0 cm³/mol. The first-order chi connectivity index (χ1) is 9.95. The zero-order chi connectivity index (χ0) is 15.4. The van der Waals surface area contributed by atoms with E-state index >= 15 is 0 Å². The van der Waals surface area contributed by atoms with Crippen LogP contribution in [-0.4, -0.2) is 5.91 Å². The van der Waals surface area contributed by atoms with E-state index in [1.54, 1.807) is 6.07 Å². The fraction of sp³-hybridized carbons (Fsp3) is 0.235. The summed E-state index contributed by atoms with van der Waals surface area (Å²) in [5, 5.41) is 6.54. The zero-order valence-corrected chi connectivity index (χ0v) is 13.2. The van der Waals surface area contributed by atoms with E-state index in [-0.39, 0.29) is 5.91 Å². The number of aryl methyl sites for hydroxylation is 2. The van der Waals surface area contributed by atoms with Gasteiger partial charge in [-0.2, -0.15) is 0 Å². The van der Waals surface area contributed by atoms with Crippen LogP contribution in [0.3, 0.4) is 0 Å². The van der Waals surface area contributed by atoms with E-state index in [0.29, 0.717) is 10.7 Å². The largest absolute Gasteiger partial charge is 0.381 e. The van der Waals surface area contributed by atoms with Gasteiger partial charge in [-0.15, -0.1) is 0 Å². The Morgan fingerprint density at radius 3 is 2.48 bits per heavy atom. The number of hydrogen-bond acceptors (Lipinski definition) is 2. The second kappa shape index (κ2) is 6.64. The third-order valence-electron chi connectivity index (χ3n) is 3.35. The lowest BCUT2D eigenvalue weighted by molar-refractivity contribution is -0.114. The van der Waals surface area contributed by atoms with Crippen molar-refractivity contribution >= 4 is 28.9 Å². The van der Waals surface area contributed by atoms with Crippen LogP contribution in [0.4, 0.5) is 11.4 Å². The van der Waals surface area contributed by atoms with Crippen molar-refractivity contribution in [1.29, 1.82) is 0 Å². The van der Waals surface area contributed by atoms with E-state index in [1.807, 2.05) is 12.1 Å². The molecular formula is C17H19ClN2O. The van der Waals surface area contributed by atoms with Crippen LogP contribution < -0.4 is 10.6 Å². The summed E-state index contributed by atoms with van der Waals surface area (Å²) in [6, 6.07) is 11.9. The molecule has 0 atom stereocenters. The molecule has 0 heterocycles. The molecule has 110 valence electrons. The lowest BCUT2D eigenvalue weighted by atomic mass is 10.1. The maximum Gasteiger partial charge on any atom is 0.221 e. The van der Waals surface area contributed by atoms with Crippen LogP contribution in [0.5, 0.6) is 0 Å². The molecule has 0 aliphatic rings. The zero-order valence-electron chi connectivity index (χ0n) is 12.5. The van der Waals surface area contributed by atoms with Gasteiger partial charge >= 0.3 is 0 Å². The highest BCUT2D eigenvalue weighted by molar-refractivity contribution is 6.34. The molecule has 1 amide bonds. The minimum absolute atomic E-state index is 0.132. The number of benzene rings is 2. The van der Waals surface area contributed by atoms with Crippen molar-refractivity contribution in [2.24, 2.45) is 0 Å². The van der Waals surface area contributed by atoms with Gasteiger partial charge in [0.15, 0.2) is 0 Å². The Bertz CT molecular complexity index is 668. The van der Waals surface area contributed by atoms with E-state index in [9.17, 15) is 4.79 Å². The van der Waals surface area contributed by atoms with Gasteiger partial charge in [0.05, 0.1) is 10.7 Å². The number of carbonyl (C=O) groups is 1. The highest BCUT2D eigenvalue weighted by atomic mass is 35.5. The standard InChI is InChI=1S/C17H19ClN2O/c1-11-4-5-14(8-12(11)2)10-19-15-6-7-17(16(18)9-15)20-13(3)21/h4-9,19H,10H2,1-3H3,(H,20,21). The second-order valence-corrected chi connectivity index (χ2v) is 5.56. The van der Waals surface area contributed by atoms with E-state index in [0.717, 1.165) is 12.2 Å². The second-order valence-electron chi connectivity index (χ2n) is 5.15. The fourth-order valence-electron chi connectivity index (χ4n) is 2.03. The molecular weight excluding hydrogens is 284 g/mol. The van der Waals surface area contributed by atoms with Gasteiger partial charge in [-0.3, -0.25) is 4.79 Å². The van der Waals surface area contributed by atoms with Crippen molar-refractivity contribution < 1.29 is 4.79 Å². The van der Waals surface area contributed by atoms with E-state index in [4.69, 9.17) is 11.6 Å². The Morgan fingerprint density at radius 1 is 1.10 bits per heavy atom. The number of rotatable bonds is 4. The van der Waals surface area contributed by atoms with Crippen LogP contribution in [0.1, 0.15) is 23.6 Å². The van der Waals surface area contributed by atoms with Crippen LogP contribution in [-0.2, 0) is 11.3 Å². The minimum atomic E-state index is -0.132. The Labute approximate surface area is 130 Å². The summed E-state index contributed by atoms with van der Waals surface area (Å²) in [4.78, 5) is 11.0. The maximum atomic E-state index is 11.0. The van der Waals surface area contributed by atoms with E-state index in [2.05, 4.69) is 42.7 Å². The van der Waals surface area contributed by atoms with Crippen LogP contribution in [0.15, 0.2) is 36.4 Å². The lowest BCUT2D eigenvalue weighted by Gasteiger charge is -2.11. The summed E-state index contributed by atoms with van der Waals surface area (Å²) >= 11 is 6.15. The quantitative estimate of drug-likeness (QED) is 0.871. The maximum absolute atomic E-state index is 11.0. The van der Waals surface area contributed by atoms with Crippen LogP contribution in [0.25, 0.3) is 0 Å². The van der Waals surface area contributed by atoms with Crippen molar-refractivity contribution in [2.45, 2.75) is 27.3 Å². The number of carbonyl (C=O) groups excluding carboxylic acids is 1. The SMILES string of the molecule is CC(=O)Nc1ccc(NCc2ccc(C)c(C)c2)cc1Cl. The van der Waals surface area contributed by atoms with Crippen molar-refractivity contribution in [3.63, 3.8) is 0 Å². The van der Waals surface area contributed by atoms with Gasteiger partial charge in [-0.05, 0) is 48.7 Å². The molecule has 0 bridgehead atoms. The summed E-state index contributed by atoms with van der Waals surface area (Å²) in [5.74, 6) is -0.132. The Morgan fingerprint density at radius 2 is 1.86 bits per heavy atom. The molecule has 4 heteroatoms. The number of nitrogens with one attached hydrogen (secondary N) is 2. The summed E-state index contributed by atoms with van der Waals surface area (Å²) in [5.41, 5.74) is 5.35. The lowest BCUT2D eigenvalue weighted by Crippen LogP contribution is -2.06. The van der Waals surface area contributed by atoms with Crippen molar-refractivity contribution in [1.82, 2.24) is 0 Å². The first-order valence-corrected chi connectivity index (χ1v) is 7.20. The van der Waals surface area contributed by atoms with E-state index < -0.39 is 0 Å². The molecule has 0 spiro atoms. The molecule has 0 aliphatic heterocycles. The molecule has 0 unspecified atom stereocenters. The number of hydrogen-bond donors (Lipinski definition) is 2. The molecule has 0 radical (unpaired) electrons. The van der Waals surface area contributed by atoms with Crippen molar-refractivity contribution in [3.05, 3.63) is 58.1 Å². The Balaban J connectivity index is 2.04. The van der Waals surface area contributed by atoms with Gasteiger partial charge in [0, 0.05) is 19.2 Å². The van der Waals surface area contributed by atoms with E-state index in [1.165, 1.54) is 23.6 Å². The summed E-state index contributed by atoms with van der Waals surface area (Å²) in [7, 11) is 0. The third kappa shape index (κ3) is 4.23. The molecule has 0 saturated carbocycles. The molecule has 21 heavy (non-hydrogen) atoms. The molecule has 0 fully saturated rings. The molecule has 0 aliphatic carbocycles. The molecule has 2 aromatic rings. The van der Waals surface area contributed by atoms with Crippen LogP contribution in [0.2, 0.25) is 5.02 Å². The summed E-state index contributed by atoms with van der Waals surface area (Å²) in [6.45, 7) is 6.41. The van der Waals surface area contributed by atoms with Gasteiger partial charge in [-0.25, -0.2) is 0 Å². The van der Waals surface area contributed by atoms with Gasteiger partial charge < -0.3 is 10.6 Å². The normalized spacial score (nSPS) is 10.3. The number of anilines is 2. The first kappa shape index (κ1) is 15.4. The average molecular weight is 303 g/mol. The highest BCUT2D eigenvalue weighted by Gasteiger charge is 2.04. The Hall–Kier alpha value is -2.00. The van der Waals surface area contributed by atoms with Gasteiger partial charge in [-0.1, -0.05) is 29.8 Å². The third-order valence-corrected chi connectivity index (χ3v) is 3.66. The van der Waals surface area contributed by atoms with Gasteiger partial charge in [0.25, 0.3) is 0 Å². The van der Waals surface area contributed by atoms with Gasteiger partial charge in [0.1, 0.15) is 0 Å².